The van der Waals surface area contributed by atoms with Crippen molar-refractivity contribution in [2.75, 3.05) is 6.54 Å². The Morgan fingerprint density at radius 2 is 2.00 bits per heavy atom. The maximum Gasteiger partial charge on any atom is 0.0695 e. The molecule has 0 saturated carbocycles. The van der Waals surface area contributed by atoms with Gasteiger partial charge in [0.1, 0.15) is 0 Å². The first-order valence-electron chi connectivity index (χ1n) is 6.53. The van der Waals surface area contributed by atoms with E-state index in [0.717, 1.165) is 25.2 Å². The molecule has 0 aliphatic carbocycles. The van der Waals surface area contributed by atoms with Crippen LogP contribution in [0, 0.1) is 5.92 Å². The average molecular weight is 213 g/mol. The molecule has 1 aliphatic heterocycles. The highest BCUT2D eigenvalue weighted by Gasteiger charge is 2.33. The molecule has 0 aromatic carbocycles. The molecular formula is C13H27NO. The number of aliphatic hydroxyl groups is 1. The van der Waals surface area contributed by atoms with Crippen molar-refractivity contribution in [1.82, 2.24) is 4.90 Å². The van der Waals surface area contributed by atoms with Crippen molar-refractivity contribution >= 4 is 0 Å². The second kappa shape index (κ2) is 5.86. The van der Waals surface area contributed by atoms with Gasteiger partial charge < -0.3 is 5.11 Å². The number of likely N-dealkylation sites (tertiary alicyclic amines) is 1. The predicted octanol–water partition coefficient (Wildman–Crippen LogP) is 2.66. The first-order valence-corrected chi connectivity index (χ1v) is 6.53. The second-order valence-electron chi connectivity index (χ2n) is 5.22. The summed E-state index contributed by atoms with van der Waals surface area (Å²) < 4.78 is 0. The van der Waals surface area contributed by atoms with Gasteiger partial charge in [-0.2, -0.15) is 0 Å². The van der Waals surface area contributed by atoms with Crippen LogP contribution < -0.4 is 0 Å². The van der Waals surface area contributed by atoms with Crippen LogP contribution in [0.2, 0.25) is 0 Å². The van der Waals surface area contributed by atoms with Gasteiger partial charge in [0.05, 0.1) is 6.10 Å². The molecule has 1 rings (SSSR count). The van der Waals surface area contributed by atoms with Crippen LogP contribution in [0.5, 0.6) is 0 Å². The SMILES string of the molecule is CCCC(O)C(CC)N1CC(C)CC1C. The Kier molecular flexibility index (Phi) is 5.07. The highest BCUT2D eigenvalue weighted by molar-refractivity contribution is 4.88. The fourth-order valence-corrected chi connectivity index (χ4v) is 3.01. The molecule has 1 heterocycles. The summed E-state index contributed by atoms with van der Waals surface area (Å²) in [5.41, 5.74) is 0. The second-order valence-corrected chi connectivity index (χ2v) is 5.22. The van der Waals surface area contributed by atoms with Gasteiger partial charge in [-0.15, -0.1) is 0 Å². The van der Waals surface area contributed by atoms with Crippen LogP contribution in [0.15, 0.2) is 0 Å². The summed E-state index contributed by atoms with van der Waals surface area (Å²) in [6, 6.07) is 1.03. The van der Waals surface area contributed by atoms with Gasteiger partial charge in [-0.25, -0.2) is 0 Å². The van der Waals surface area contributed by atoms with Crippen molar-refractivity contribution in [1.29, 1.82) is 0 Å². The van der Waals surface area contributed by atoms with Gasteiger partial charge in [0.25, 0.3) is 0 Å². The zero-order valence-electron chi connectivity index (χ0n) is 10.7. The monoisotopic (exact) mass is 213 g/mol. The van der Waals surface area contributed by atoms with E-state index in [1.165, 1.54) is 13.0 Å². The van der Waals surface area contributed by atoms with E-state index in [4.69, 9.17) is 0 Å². The number of nitrogens with zero attached hydrogens (tertiary/aromatic N) is 1. The topological polar surface area (TPSA) is 23.5 Å². The van der Waals surface area contributed by atoms with Crippen LogP contribution in [0.4, 0.5) is 0 Å². The Morgan fingerprint density at radius 1 is 1.33 bits per heavy atom. The van der Waals surface area contributed by atoms with Crippen LogP contribution >= 0.6 is 0 Å². The van der Waals surface area contributed by atoms with Gasteiger partial charge in [-0.1, -0.05) is 27.2 Å². The van der Waals surface area contributed by atoms with Gasteiger partial charge in [0.15, 0.2) is 0 Å². The minimum atomic E-state index is -0.132. The molecule has 1 fully saturated rings. The maximum absolute atomic E-state index is 10.1. The van der Waals surface area contributed by atoms with Crippen molar-refractivity contribution in [3.05, 3.63) is 0 Å². The summed E-state index contributed by atoms with van der Waals surface area (Å²) in [5, 5.41) is 10.1. The summed E-state index contributed by atoms with van der Waals surface area (Å²) in [5.74, 6) is 0.794. The summed E-state index contributed by atoms with van der Waals surface area (Å²) in [4.78, 5) is 2.52. The lowest BCUT2D eigenvalue weighted by molar-refractivity contribution is 0.0359. The molecule has 1 N–H and O–H groups in total. The zero-order chi connectivity index (χ0) is 11.4. The quantitative estimate of drug-likeness (QED) is 0.759. The summed E-state index contributed by atoms with van der Waals surface area (Å²) >= 11 is 0. The molecule has 0 spiro atoms. The summed E-state index contributed by atoms with van der Waals surface area (Å²) in [6.45, 7) is 10.1. The molecule has 0 aromatic heterocycles. The number of aliphatic hydroxyl groups excluding tert-OH is 1. The van der Waals surface area contributed by atoms with E-state index >= 15 is 0 Å². The standard InChI is InChI=1S/C13H27NO/c1-5-7-13(15)12(6-2)14-9-10(3)8-11(14)4/h10-13,15H,5-9H2,1-4H3. The van der Waals surface area contributed by atoms with Gasteiger partial charge >= 0.3 is 0 Å². The van der Waals surface area contributed by atoms with E-state index in [-0.39, 0.29) is 6.10 Å². The van der Waals surface area contributed by atoms with Crippen LogP contribution in [0.1, 0.15) is 53.4 Å². The molecule has 15 heavy (non-hydrogen) atoms. The molecule has 4 unspecified atom stereocenters. The number of hydrogen-bond donors (Lipinski definition) is 1. The first kappa shape index (κ1) is 13.0. The molecule has 0 radical (unpaired) electrons. The minimum Gasteiger partial charge on any atom is -0.391 e. The molecule has 2 nitrogen and oxygen atoms in total. The lowest BCUT2D eigenvalue weighted by Crippen LogP contribution is -2.45. The fraction of sp³-hybridized carbons (Fsp3) is 1.00. The number of rotatable bonds is 5. The van der Waals surface area contributed by atoms with E-state index < -0.39 is 0 Å². The van der Waals surface area contributed by atoms with Crippen LogP contribution in [-0.2, 0) is 0 Å². The van der Waals surface area contributed by atoms with Gasteiger partial charge in [0, 0.05) is 18.6 Å². The van der Waals surface area contributed by atoms with E-state index in [9.17, 15) is 5.11 Å². The van der Waals surface area contributed by atoms with E-state index in [0.29, 0.717) is 12.1 Å². The Morgan fingerprint density at radius 3 is 2.40 bits per heavy atom. The average Bonchev–Trinajstić information content (AvgIpc) is 2.47. The molecule has 90 valence electrons. The van der Waals surface area contributed by atoms with Crippen LogP contribution in [-0.4, -0.2) is 34.7 Å². The van der Waals surface area contributed by atoms with Crippen molar-refractivity contribution in [3.63, 3.8) is 0 Å². The van der Waals surface area contributed by atoms with Crippen molar-refractivity contribution in [3.8, 4) is 0 Å². The lowest BCUT2D eigenvalue weighted by Gasteiger charge is -2.34. The van der Waals surface area contributed by atoms with Crippen molar-refractivity contribution in [2.24, 2.45) is 5.92 Å². The lowest BCUT2D eigenvalue weighted by atomic mass is 10.0. The van der Waals surface area contributed by atoms with Crippen molar-refractivity contribution < 1.29 is 5.11 Å². The predicted molar refractivity (Wildman–Crippen MR) is 64.9 cm³/mol. The summed E-state index contributed by atoms with van der Waals surface area (Å²) in [6.07, 6.45) is 4.24. The van der Waals surface area contributed by atoms with Crippen LogP contribution in [0.3, 0.4) is 0 Å². The third-order valence-corrected chi connectivity index (χ3v) is 3.70. The Balaban J connectivity index is 2.57. The Bertz CT molecular complexity index is 183. The highest BCUT2D eigenvalue weighted by atomic mass is 16.3. The molecule has 1 saturated heterocycles. The zero-order valence-corrected chi connectivity index (χ0v) is 10.7. The van der Waals surface area contributed by atoms with Gasteiger partial charge in [-0.05, 0) is 32.1 Å². The fourth-order valence-electron chi connectivity index (χ4n) is 3.01. The molecule has 0 aromatic rings. The van der Waals surface area contributed by atoms with Crippen molar-refractivity contribution in [2.45, 2.75) is 71.6 Å². The van der Waals surface area contributed by atoms with E-state index in [1.807, 2.05) is 0 Å². The van der Waals surface area contributed by atoms with E-state index in [1.54, 1.807) is 0 Å². The van der Waals surface area contributed by atoms with Gasteiger partial charge in [0.2, 0.25) is 0 Å². The Labute approximate surface area is 94.7 Å². The van der Waals surface area contributed by atoms with Gasteiger partial charge in [-0.3, -0.25) is 4.90 Å². The minimum absolute atomic E-state index is 0.132. The molecular weight excluding hydrogens is 186 g/mol. The smallest absolute Gasteiger partial charge is 0.0695 e. The Hall–Kier alpha value is -0.0800. The van der Waals surface area contributed by atoms with E-state index in [2.05, 4.69) is 32.6 Å². The third kappa shape index (κ3) is 3.18. The molecule has 4 atom stereocenters. The third-order valence-electron chi connectivity index (χ3n) is 3.70. The molecule has 0 bridgehead atoms. The highest BCUT2D eigenvalue weighted by Crippen LogP contribution is 2.27. The maximum atomic E-state index is 10.1. The normalized spacial score (nSPS) is 31.8. The molecule has 1 aliphatic rings. The summed E-state index contributed by atoms with van der Waals surface area (Å²) in [7, 11) is 0. The van der Waals surface area contributed by atoms with Crippen LogP contribution in [0.25, 0.3) is 0 Å². The number of hydrogen-bond acceptors (Lipinski definition) is 2. The largest absolute Gasteiger partial charge is 0.391 e. The molecule has 2 heteroatoms. The molecule has 0 amide bonds. The first-order chi connectivity index (χ1) is 7.10.